The van der Waals surface area contributed by atoms with Gasteiger partial charge in [-0.3, -0.25) is 9.59 Å². The SMILES string of the molecule is C.C.C=C(OCCC)C(C)=O.C=C(OCCC)C(C)=O.CC.CC. The third-order valence-electron chi connectivity index (χ3n) is 1.75. The van der Waals surface area contributed by atoms with Gasteiger partial charge in [0, 0.05) is 13.8 Å². The van der Waals surface area contributed by atoms with E-state index in [2.05, 4.69) is 13.2 Å². The molecule has 0 amide bonds. The standard InChI is InChI=1S/2C7H12O2.2C2H6.2CH4/c2*1-4-5-9-7(3)6(2)8;2*1-2;;/h2*3-5H2,1-2H3;2*1-2H3;2*1H4. The van der Waals surface area contributed by atoms with Crippen LogP contribution in [0, 0.1) is 0 Å². The molecule has 0 heterocycles. The van der Waals surface area contributed by atoms with E-state index < -0.39 is 0 Å². The summed E-state index contributed by atoms with van der Waals surface area (Å²) < 4.78 is 9.82. The summed E-state index contributed by atoms with van der Waals surface area (Å²) in [6.07, 6.45) is 1.82. The van der Waals surface area contributed by atoms with E-state index in [1.165, 1.54) is 13.8 Å². The fourth-order valence-corrected chi connectivity index (χ4v) is 0.654. The van der Waals surface area contributed by atoms with Crippen LogP contribution in [0.15, 0.2) is 24.7 Å². The normalized spacial score (nSPS) is 7.00. The summed E-state index contributed by atoms with van der Waals surface area (Å²) in [6.45, 7) is 22.8. The van der Waals surface area contributed by atoms with Gasteiger partial charge in [0.15, 0.2) is 23.1 Å². The lowest BCUT2D eigenvalue weighted by molar-refractivity contribution is -0.117. The summed E-state index contributed by atoms with van der Waals surface area (Å²) in [5, 5.41) is 0. The number of hydrogen-bond acceptors (Lipinski definition) is 4. The van der Waals surface area contributed by atoms with Gasteiger partial charge in [0.1, 0.15) is 0 Å². The Bertz CT molecular complexity index is 264. The molecule has 0 aliphatic heterocycles. The van der Waals surface area contributed by atoms with Crippen molar-refractivity contribution < 1.29 is 19.1 Å². The van der Waals surface area contributed by atoms with Crippen molar-refractivity contribution in [1.82, 2.24) is 0 Å². The molecule has 0 spiro atoms. The highest BCUT2D eigenvalue weighted by Gasteiger charge is 1.98. The summed E-state index contributed by atoms with van der Waals surface area (Å²) >= 11 is 0. The summed E-state index contributed by atoms with van der Waals surface area (Å²) in [6, 6.07) is 0. The van der Waals surface area contributed by atoms with Gasteiger partial charge in [0.05, 0.1) is 13.2 Å². The Balaban J connectivity index is -0.0000000521. The highest BCUT2D eigenvalue weighted by molar-refractivity contribution is 5.90. The number of ether oxygens (including phenoxy) is 2. The number of rotatable bonds is 8. The lowest BCUT2D eigenvalue weighted by atomic mass is 10.4. The molecule has 0 saturated heterocycles. The number of hydrogen-bond donors (Lipinski definition) is 0. The Morgan fingerprint density at radius 2 is 0.917 bits per heavy atom. The Labute approximate surface area is 152 Å². The van der Waals surface area contributed by atoms with Gasteiger partial charge in [0.25, 0.3) is 0 Å². The van der Waals surface area contributed by atoms with Gasteiger partial charge in [-0.15, -0.1) is 0 Å². The van der Waals surface area contributed by atoms with Crippen LogP contribution in [0.2, 0.25) is 0 Å². The zero-order valence-corrected chi connectivity index (χ0v) is 15.9. The summed E-state index contributed by atoms with van der Waals surface area (Å²) in [4.78, 5) is 20.9. The average molecular weight is 349 g/mol. The van der Waals surface area contributed by atoms with Gasteiger partial charge < -0.3 is 9.47 Å². The summed E-state index contributed by atoms with van der Waals surface area (Å²) in [7, 11) is 0. The fourth-order valence-electron chi connectivity index (χ4n) is 0.654. The first kappa shape index (κ1) is 38.2. The first-order chi connectivity index (χ1) is 10.4. The van der Waals surface area contributed by atoms with Gasteiger partial charge in [-0.2, -0.15) is 0 Å². The minimum absolute atomic E-state index is 0. The molecular weight excluding hydrogens is 304 g/mol. The van der Waals surface area contributed by atoms with E-state index in [-0.39, 0.29) is 37.9 Å². The van der Waals surface area contributed by atoms with Crippen LogP contribution in [0.5, 0.6) is 0 Å². The van der Waals surface area contributed by atoms with Gasteiger partial charge in [-0.05, 0) is 12.8 Å². The highest BCUT2D eigenvalue weighted by Crippen LogP contribution is 1.95. The molecule has 24 heavy (non-hydrogen) atoms. The van der Waals surface area contributed by atoms with Crippen LogP contribution in [-0.4, -0.2) is 24.8 Å². The van der Waals surface area contributed by atoms with Crippen LogP contribution in [0.1, 0.15) is 83.1 Å². The van der Waals surface area contributed by atoms with Crippen molar-refractivity contribution in [1.29, 1.82) is 0 Å². The van der Waals surface area contributed by atoms with Crippen molar-refractivity contribution >= 4 is 11.6 Å². The fraction of sp³-hybridized carbons (Fsp3) is 0.700. The van der Waals surface area contributed by atoms with E-state index in [0.29, 0.717) is 13.2 Å². The van der Waals surface area contributed by atoms with Crippen LogP contribution in [0.25, 0.3) is 0 Å². The van der Waals surface area contributed by atoms with E-state index in [0.717, 1.165) is 12.8 Å². The van der Waals surface area contributed by atoms with E-state index in [1.54, 1.807) is 0 Å². The van der Waals surface area contributed by atoms with E-state index in [1.807, 2.05) is 41.5 Å². The molecule has 148 valence electrons. The number of carbonyl (C=O) groups is 2. The van der Waals surface area contributed by atoms with Gasteiger partial charge in [0.2, 0.25) is 0 Å². The molecule has 0 aromatic carbocycles. The zero-order valence-electron chi connectivity index (χ0n) is 15.9. The maximum atomic E-state index is 10.4. The minimum Gasteiger partial charge on any atom is -0.491 e. The molecule has 0 radical (unpaired) electrons. The molecule has 0 aromatic heterocycles. The molecule has 0 saturated carbocycles. The molecule has 0 atom stereocenters. The van der Waals surface area contributed by atoms with Crippen molar-refractivity contribution in [3.63, 3.8) is 0 Å². The smallest absolute Gasteiger partial charge is 0.193 e. The number of allylic oxidation sites excluding steroid dienone is 2. The van der Waals surface area contributed by atoms with E-state index >= 15 is 0 Å². The number of ketones is 2. The minimum atomic E-state index is -0.0940. The molecule has 0 N–H and O–H groups in total. The quantitative estimate of drug-likeness (QED) is 0.378. The van der Waals surface area contributed by atoms with Gasteiger partial charge in [-0.25, -0.2) is 0 Å². The molecule has 0 fully saturated rings. The van der Waals surface area contributed by atoms with Crippen molar-refractivity contribution in [2.24, 2.45) is 0 Å². The summed E-state index contributed by atoms with van der Waals surface area (Å²) in [5.41, 5.74) is 0. The first-order valence-corrected chi connectivity index (χ1v) is 8.02. The van der Waals surface area contributed by atoms with Crippen LogP contribution >= 0.6 is 0 Å². The lowest BCUT2D eigenvalue weighted by Crippen LogP contribution is -2.00. The summed E-state index contributed by atoms with van der Waals surface area (Å²) in [5.74, 6) is 0.334. The van der Waals surface area contributed by atoms with Gasteiger partial charge in [-0.1, -0.05) is 69.6 Å². The lowest BCUT2D eigenvalue weighted by Gasteiger charge is -2.01. The molecule has 0 aliphatic carbocycles. The molecule has 0 rings (SSSR count). The van der Waals surface area contributed by atoms with Gasteiger partial charge >= 0.3 is 0 Å². The first-order valence-electron chi connectivity index (χ1n) is 8.02. The molecule has 0 bridgehead atoms. The van der Waals surface area contributed by atoms with Crippen LogP contribution in [0.3, 0.4) is 0 Å². The Kier molecular flexibility index (Phi) is 52.7. The average Bonchev–Trinajstić information content (AvgIpc) is 2.54. The number of Topliss-reactive ketones (excluding diaryl/α,β-unsaturated/α-hetero) is 2. The predicted octanol–water partition coefficient (Wildman–Crippen LogP) is 6.36. The van der Waals surface area contributed by atoms with Crippen LogP contribution < -0.4 is 0 Å². The van der Waals surface area contributed by atoms with Crippen molar-refractivity contribution in [2.45, 2.75) is 83.1 Å². The van der Waals surface area contributed by atoms with Crippen molar-refractivity contribution in [2.75, 3.05) is 13.2 Å². The van der Waals surface area contributed by atoms with Crippen molar-refractivity contribution in [3.05, 3.63) is 24.7 Å². The molecule has 4 heteroatoms. The van der Waals surface area contributed by atoms with E-state index in [4.69, 9.17) is 9.47 Å². The van der Waals surface area contributed by atoms with E-state index in [9.17, 15) is 9.59 Å². The third-order valence-corrected chi connectivity index (χ3v) is 1.75. The largest absolute Gasteiger partial charge is 0.491 e. The van der Waals surface area contributed by atoms with Crippen molar-refractivity contribution in [3.8, 4) is 0 Å². The monoisotopic (exact) mass is 348 g/mol. The topological polar surface area (TPSA) is 52.6 Å². The maximum absolute atomic E-state index is 10.4. The predicted molar refractivity (Wildman–Crippen MR) is 108 cm³/mol. The molecular formula is C20H44O4. The number of carbonyl (C=O) groups excluding carboxylic acids is 2. The Morgan fingerprint density at radius 3 is 1.04 bits per heavy atom. The highest BCUT2D eigenvalue weighted by atomic mass is 16.5. The van der Waals surface area contributed by atoms with Crippen LogP contribution in [0.4, 0.5) is 0 Å². The molecule has 0 aromatic rings. The molecule has 0 aliphatic rings. The Morgan fingerprint density at radius 1 is 0.708 bits per heavy atom. The molecule has 0 unspecified atom stereocenters. The maximum Gasteiger partial charge on any atom is 0.193 e. The molecule has 4 nitrogen and oxygen atoms in total. The van der Waals surface area contributed by atoms with Crippen LogP contribution in [-0.2, 0) is 19.1 Å². The second-order valence-corrected chi connectivity index (χ2v) is 3.66. The zero-order chi connectivity index (χ0) is 18.6. The second kappa shape index (κ2) is 33.1. The second-order valence-electron chi connectivity index (χ2n) is 3.66. The Hall–Kier alpha value is -1.58. The third kappa shape index (κ3) is 37.0.